The zero-order chi connectivity index (χ0) is 35.8. The molecule has 3 rings (SSSR count). The van der Waals surface area contributed by atoms with E-state index in [-0.39, 0.29) is 31.9 Å². The van der Waals surface area contributed by atoms with Gasteiger partial charge in [0.25, 0.3) is 0 Å². The molecule has 3 aromatic carbocycles. The van der Waals surface area contributed by atoms with E-state index in [0.717, 1.165) is 34.0 Å². The van der Waals surface area contributed by atoms with Gasteiger partial charge in [-0.2, -0.15) is 0 Å². The normalized spacial score (nSPS) is 13.6. The van der Waals surface area contributed by atoms with E-state index in [2.05, 4.69) is 5.32 Å². The van der Waals surface area contributed by atoms with Gasteiger partial charge in [0.2, 0.25) is 17.7 Å². The molecule has 0 fully saturated rings. The van der Waals surface area contributed by atoms with Gasteiger partial charge in [-0.1, -0.05) is 74.9 Å². The van der Waals surface area contributed by atoms with Gasteiger partial charge in [0.15, 0.2) is 11.6 Å². The van der Waals surface area contributed by atoms with Gasteiger partial charge in [-0.25, -0.2) is 8.78 Å². The molecule has 0 bridgehead atoms. The number of nitrogens with two attached hydrogens (primary N) is 1. The van der Waals surface area contributed by atoms with Crippen LogP contribution in [0, 0.1) is 17.0 Å². The van der Waals surface area contributed by atoms with Crippen LogP contribution in [0.15, 0.2) is 72.3 Å². The number of nitrogens with one attached hydrogen (secondary N) is 1. The van der Waals surface area contributed by atoms with E-state index in [9.17, 15) is 28.3 Å². The summed E-state index contributed by atoms with van der Waals surface area (Å²) in [5, 5.41) is 14.5. The summed E-state index contributed by atoms with van der Waals surface area (Å²) in [7, 11) is 3.03. The first kappa shape index (κ1) is 38.3. The number of likely N-dealkylation sites (N-methyl/N-ethyl adjacent to an activating group) is 2. The van der Waals surface area contributed by atoms with Gasteiger partial charge in [-0.05, 0) is 60.7 Å². The second kappa shape index (κ2) is 16.3. The predicted molar refractivity (Wildman–Crippen MR) is 186 cm³/mol. The van der Waals surface area contributed by atoms with E-state index >= 15 is 0 Å². The van der Waals surface area contributed by atoms with E-state index in [1.165, 1.54) is 29.0 Å². The molecule has 3 amide bonds. The lowest BCUT2D eigenvalue weighted by Gasteiger charge is -2.35. The molecule has 0 radical (unpaired) electrons. The summed E-state index contributed by atoms with van der Waals surface area (Å²) in [5.74, 6) is -3.51. The first-order valence-electron chi connectivity index (χ1n) is 16.3. The van der Waals surface area contributed by atoms with Crippen LogP contribution in [-0.4, -0.2) is 77.5 Å². The lowest BCUT2D eigenvalue weighted by atomic mass is 9.94. The summed E-state index contributed by atoms with van der Waals surface area (Å²) in [6.07, 6.45) is 2.66. The van der Waals surface area contributed by atoms with Gasteiger partial charge in [0.1, 0.15) is 12.1 Å². The van der Waals surface area contributed by atoms with Crippen molar-refractivity contribution in [2.75, 3.05) is 27.2 Å². The van der Waals surface area contributed by atoms with Crippen LogP contribution in [0.3, 0.4) is 0 Å². The van der Waals surface area contributed by atoms with Crippen LogP contribution >= 0.6 is 0 Å². The number of benzene rings is 3. The highest BCUT2D eigenvalue weighted by Gasteiger charge is 2.35. The Morgan fingerprint density at radius 1 is 0.875 bits per heavy atom. The largest absolute Gasteiger partial charge is 0.396 e. The fourth-order valence-corrected chi connectivity index (χ4v) is 5.46. The molecule has 10 heteroatoms. The monoisotopic (exact) mass is 664 g/mol. The Bertz CT molecular complexity index is 1630. The maximum atomic E-state index is 14.5. The van der Waals surface area contributed by atoms with Gasteiger partial charge in [0.05, 0.1) is 0 Å². The molecule has 3 aromatic rings. The zero-order valence-corrected chi connectivity index (χ0v) is 29.1. The average molecular weight is 665 g/mol. The Morgan fingerprint density at radius 3 is 2.08 bits per heavy atom. The van der Waals surface area contributed by atoms with Crippen molar-refractivity contribution >= 4 is 28.5 Å². The molecular weight excluding hydrogens is 614 g/mol. The Balaban J connectivity index is 2.04. The summed E-state index contributed by atoms with van der Waals surface area (Å²) in [6.45, 7) is 9.17. The summed E-state index contributed by atoms with van der Waals surface area (Å²) < 4.78 is 28.0. The third-order valence-corrected chi connectivity index (χ3v) is 8.51. The highest BCUT2D eigenvalue weighted by molar-refractivity contribution is 5.95. The van der Waals surface area contributed by atoms with Crippen LogP contribution < -0.4 is 11.1 Å². The molecule has 0 aliphatic rings. The second-order valence-electron chi connectivity index (χ2n) is 14.1. The Labute approximate surface area is 283 Å². The van der Waals surface area contributed by atoms with Crippen molar-refractivity contribution in [1.29, 1.82) is 0 Å². The highest BCUT2D eigenvalue weighted by Crippen LogP contribution is 2.22. The van der Waals surface area contributed by atoms with Gasteiger partial charge in [-0.3, -0.25) is 14.4 Å². The van der Waals surface area contributed by atoms with Crippen LogP contribution in [-0.2, 0) is 27.2 Å². The first-order chi connectivity index (χ1) is 22.4. The van der Waals surface area contributed by atoms with Crippen LogP contribution in [0.5, 0.6) is 0 Å². The minimum atomic E-state index is -1.14. The summed E-state index contributed by atoms with van der Waals surface area (Å²) >= 11 is 0. The number of fused-ring (bicyclic) bond motifs is 1. The molecule has 0 spiro atoms. The van der Waals surface area contributed by atoms with E-state index in [1.807, 2.05) is 63.2 Å². The van der Waals surface area contributed by atoms with Crippen molar-refractivity contribution in [3.05, 3.63) is 95.1 Å². The number of hydrogen-bond acceptors (Lipinski definition) is 5. The molecule has 0 aromatic heterocycles. The number of rotatable bonds is 15. The molecule has 0 heterocycles. The number of carbonyl (C=O) groups excluding carboxylic acids is 3. The number of carbonyl (C=O) groups is 3. The Morgan fingerprint density at radius 2 is 1.48 bits per heavy atom. The zero-order valence-electron chi connectivity index (χ0n) is 29.1. The molecule has 48 heavy (non-hydrogen) atoms. The number of hydrogen-bond donors (Lipinski definition) is 3. The molecule has 0 aliphatic heterocycles. The number of aliphatic hydroxyl groups is 1. The van der Waals surface area contributed by atoms with Gasteiger partial charge in [0, 0.05) is 57.1 Å². The van der Waals surface area contributed by atoms with E-state index in [4.69, 9.17) is 5.73 Å². The second-order valence-corrected chi connectivity index (χ2v) is 14.1. The van der Waals surface area contributed by atoms with Crippen molar-refractivity contribution in [3.63, 3.8) is 0 Å². The van der Waals surface area contributed by atoms with Crippen LogP contribution in [0.1, 0.15) is 58.6 Å². The maximum absolute atomic E-state index is 14.5. The number of amides is 3. The fourth-order valence-electron chi connectivity index (χ4n) is 5.46. The summed E-state index contributed by atoms with van der Waals surface area (Å²) in [6, 6.07) is 14.9. The van der Waals surface area contributed by atoms with Gasteiger partial charge in [-0.15, -0.1) is 0 Å². The minimum Gasteiger partial charge on any atom is -0.396 e. The van der Waals surface area contributed by atoms with Crippen LogP contribution in [0.2, 0.25) is 0 Å². The molecule has 0 aliphatic carbocycles. The molecule has 4 N–H and O–H groups in total. The van der Waals surface area contributed by atoms with Crippen molar-refractivity contribution in [2.45, 2.75) is 77.9 Å². The molecule has 0 saturated heterocycles. The number of aliphatic hydroxyl groups excluding tert-OH is 1. The lowest BCUT2D eigenvalue weighted by molar-refractivity contribution is -0.146. The standard InChI is InChI=1S/C38H50F2N4O4/c1-8-25(22-38(4,5)41)21-34(46)43(6)33(20-26-13-15-28-11-9-10-12-29(28)17-26)36(48)44(7)32(35(47)42-23-37(2,3)24-45)19-27-14-16-30(39)31(40)18-27/h9-18,21,32-33,45H,8,19-20,22-24,41H2,1-7H3,(H,42,47)/b25-21+/t32-,33-/m1/s1. The number of nitrogens with zero attached hydrogens (tertiary/aromatic N) is 2. The van der Waals surface area contributed by atoms with E-state index < -0.39 is 46.5 Å². The molecule has 260 valence electrons. The van der Waals surface area contributed by atoms with Crippen molar-refractivity contribution in [3.8, 4) is 0 Å². The summed E-state index contributed by atoms with van der Waals surface area (Å²) in [5.41, 5.74) is 7.03. The van der Waals surface area contributed by atoms with Crippen molar-refractivity contribution in [1.82, 2.24) is 15.1 Å². The Kier molecular flexibility index (Phi) is 13.0. The first-order valence-corrected chi connectivity index (χ1v) is 16.3. The molecular formula is C38H50F2N4O4. The molecule has 0 unspecified atom stereocenters. The van der Waals surface area contributed by atoms with E-state index in [0.29, 0.717) is 18.4 Å². The average Bonchev–Trinajstić information content (AvgIpc) is 3.04. The molecule has 8 nitrogen and oxygen atoms in total. The SMILES string of the molecule is CC/C(=C\C(=O)N(C)[C@H](Cc1ccc2ccccc2c1)C(=O)N(C)[C@H](Cc1ccc(F)c(F)c1)C(=O)NCC(C)(C)CO)CC(C)(C)N. The Hall–Kier alpha value is -4.15. The maximum Gasteiger partial charge on any atom is 0.246 e. The van der Waals surface area contributed by atoms with Crippen LogP contribution in [0.4, 0.5) is 8.78 Å². The third kappa shape index (κ3) is 10.7. The van der Waals surface area contributed by atoms with Gasteiger partial charge < -0.3 is 26.0 Å². The topological polar surface area (TPSA) is 116 Å². The third-order valence-electron chi connectivity index (χ3n) is 8.51. The van der Waals surface area contributed by atoms with Gasteiger partial charge >= 0.3 is 0 Å². The smallest absolute Gasteiger partial charge is 0.246 e. The fraction of sp³-hybridized carbons (Fsp3) is 0.447. The van der Waals surface area contributed by atoms with Crippen molar-refractivity contribution < 1.29 is 28.3 Å². The van der Waals surface area contributed by atoms with E-state index in [1.54, 1.807) is 20.9 Å². The van der Waals surface area contributed by atoms with Crippen molar-refractivity contribution in [2.24, 2.45) is 11.1 Å². The molecule has 2 atom stereocenters. The number of halogens is 2. The van der Waals surface area contributed by atoms with Crippen LogP contribution in [0.25, 0.3) is 10.8 Å². The molecule has 0 saturated carbocycles. The quantitative estimate of drug-likeness (QED) is 0.194. The highest BCUT2D eigenvalue weighted by atomic mass is 19.2. The lowest BCUT2D eigenvalue weighted by Crippen LogP contribution is -2.56. The predicted octanol–water partition coefficient (Wildman–Crippen LogP) is 5.16. The summed E-state index contributed by atoms with van der Waals surface area (Å²) in [4.78, 5) is 44.6. The minimum absolute atomic E-state index is 0.111.